The second-order valence-corrected chi connectivity index (χ2v) is 5.52. The maximum Gasteiger partial charge on any atom is 0.330 e. The summed E-state index contributed by atoms with van der Waals surface area (Å²) >= 11 is 0. The first kappa shape index (κ1) is 17.5. The minimum absolute atomic E-state index is 0.431. The molecule has 0 heterocycles. The lowest BCUT2D eigenvalue weighted by Crippen LogP contribution is -2.42. The fraction of sp³-hybridized carbons (Fsp3) is 0.263. The van der Waals surface area contributed by atoms with Crippen LogP contribution in [0.3, 0.4) is 0 Å². The number of carbonyl (C=O) groups excluding carboxylic acids is 1. The highest BCUT2D eigenvalue weighted by molar-refractivity contribution is 5.87. The Balaban J connectivity index is 2.11. The summed E-state index contributed by atoms with van der Waals surface area (Å²) in [4.78, 5) is 23.9. The van der Waals surface area contributed by atoms with E-state index in [0.29, 0.717) is 17.7 Å². The number of benzene rings is 2. The van der Waals surface area contributed by atoms with Gasteiger partial charge in [0, 0.05) is 0 Å². The number of hydrogen-bond acceptors (Lipinski definition) is 3. The van der Waals surface area contributed by atoms with Crippen LogP contribution in [0, 0.1) is 6.92 Å². The zero-order valence-electron chi connectivity index (χ0n) is 13.7. The van der Waals surface area contributed by atoms with Crippen molar-refractivity contribution < 1.29 is 19.4 Å². The van der Waals surface area contributed by atoms with Crippen molar-refractivity contribution in [3.63, 3.8) is 0 Å². The largest absolute Gasteiger partial charge is 0.481 e. The van der Waals surface area contributed by atoms with Gasteiger partial charge in [0.05, 0.1) is 0 Å². The Bertz CT molecular complexity index is 700. The van der Waals surface area contributed by atoms with Crippen molar-refractivity contribution in [1.29, 1.82) is 0 Å². The van der Waals surface area contributed by atoms with E-state index in [0.717, 1.165) is 5.56 Å². The first-order valence-corrected chi connectivity index (χ1v) is 7.82. The molecule has 0 spiro atoms. The lowest BCUT2D eigenvalue weighted by molar-refractivity contribution is -0.143. The van der Waals surface area contributed by atoms with Crippen LogP contribution < -0.4 is 10.1 Å². The lowest BCUT2D eigenvalue weighted by Gasteiger charge is -2.21. The molecular formula is C19H21NO4. The standard InChI is InChI=1S/C19H21NO4/c1-3-16(24-15-11-7-8-13(2)12-15)18(21)20-17(19(22)23)14-9-5-4-6-10-14/h4-12,16-17H,3H2,1-2H3,(H,20,21)(H,22,23). The van der Waals surface area contributed by atoms with Crippen LogP contribution in [0.1, 0.15) is 30.5 Å². The highest BCUT2D eigenvalue weighted by Gasteiger charge is 2.26. The molecule has 0 fully saturated rings. The molecule has 0 saturated carbocycles. The van der Waals surface area contributed by atoms with Gasteiger partial charge in [-0.2, -0.15) is 0 Å². The smallest absolute Gasteiger partial charge is 0.330 e. The molecule has 2 N–H and O–H groups in total. The molecule has 2 atom stereocenters. The van der Waals surface area contributed by atoms with Crippen molar-refractivity contribution >= 4 is 11.9 Å². The summed E-state index contributed by atoms with van der Waals surface area (Å²) in [6.45, 7) is 3.75. The molecule has 0 aromatic heterocycles. The number of aryl methyl sites for hydroxylation is 1. The van der Waals surface area contributed by atoms with E-state index in [1.54, 1.807) is 36.4 Å². The van der Waals surface area contributed by atoms with Gasteiger partial charge in [-0.3, -0.25) is 4.79 Å². The second kappa shape index (κ2) is 8.15. The fourth-order valence-corrected chi connectivity index (χ4v) is 2.34. The van der Waals surface area contributed by atoms with Gasteiger partial charge in [0.25, 0.3) is 5.91 Å². The summed E-state index contributed by atoms with van der Waals surface area (Å²) in [5.41, 5.74) is 1.54. The molecule has 0 saturated heterocycles. The SMILES string of the molecule is CCC(Oc1cccc(C)c1)C(=O)NC(C(=O)O)c1ccccc1. The molecule has 0 aliphatic rings. The predicted octanol–water partition coefficient (Wildman–Crippen LogP) is 3.09. The van der Waals surface area contributed by atoms with Gasteiger partial charge < -0.3 is 15.2 Å². The van der Waals surface area contributed by atoms with Crippen molar-refractivity contribution in [1.82, 2.24) is 5.32 Å². The van der Waals surface area contributed by atoms with Gasteiger partial charge in [-0.1, -0.05) is 49.4 Å². The van der Waals surface area contributed by atoms with Crippen LogP contribution in [0.25, 0.3) is 0 Å². The summed E-state index contributed by atoms with van der Waals surface area (Å²) in [6.07, 6.45) is -0.321. The maximum absolute atomic E-state index is 12.5. The molecule has 0 aliphatic carbocycles. The number of nitrogens with one attached hydrogen (secondary N) is 1. The third kappa shape index (κ3) is 4.59. The van der Waals surface area contributed by atoms with E-state index in [9.17, 15) is 14.7 Å². The molecule has 5 heteroatoms. The molecular weight excluding hydrogens is 306 g/mol. The third-order valence-electron chi connectivity index (χ3n) is 3.60. The Kier molecular flexibility index (Phi) is 5.95. The number of carboxylic acids is 1. The van der Waals surface area contributed by atoms with Gasteiger partial charge in [0.15, 0.2) is 12.1 Å². The summed E-state index contributed by atoms with van der Waals surface area (Å²) in [5.74, 6) is -0.973. The van der Waals surface area contributed by atoms with Crippen molar-refractivity contribution in [3.05, 3.63) is 65.7 Å². The van der Waals surface area contributed by atoms with Crippen LogP contribution in [0.5, 0.6) is 5.75 Å². The minimum Gasteiger partial charge on any atom is -0.481 e. The molecule has 0 bridgehead atoms. The molecule has 1 amide bonds. The van der Waals surface area contributed by atoms with Gasteiger partial charge in [0.2, 0.25) is 0 Å². The molecule has 2 aromatic carbocycles. The maximum atomic E-state index is 12.5. The molecule has 0 aliphatic heterocycles. The number of hydrogen-bond donors (Lipinski definition) is 2. The van der Waals surface area contributed by atoms with E-state index < -0.39 is 24.0 Å². The van der Waals surface area contributed by atoms with E-state index in [1.165, 1.54) is 0 Å². The Labute approximate surface area is 141 Å². The number of rotatable bonds is 7. The van der Waals surface area contributed by atoms with Gasteiger partial charge >= 0.3 is 5.97 Å². The molecule has 2 rings (SSSR count). The number of aliphatic carboxylic acids is 1. The average Bonchev–Trinajstić information content (AvgIpc) is 2.58. The van der Waals surface area contributed by atoms with Gasteiger partial charge in [0.1, 0.15) is 5.75 Å². The number of ether oxygens (including phenoxy) is 1. The summed E-state index contributed by atoms with van der Waals surface area (Å²) in [6, 6.07) is 14.9. The monoisotopic (exact) mass is 327 g/mol. The summed E-state index contributed by atoms with van der Waals surface area (Å²) < 4.78 is 5.72. The first-order chi connectivity index (χ1) is 11.5. The summed E-state index contributed by atoms with van der Waals surface area (Å²) in [5, 5.41) is 12.0. The molecule has 0 radical (unpaired) electrons. The van der Waals surface area contributed by atoms with Crippen molar-refractivity contribution in [2.24, 2.45) is 0 Å². The van der Waals surface area contributed by atoms with E-state index in [1.807, 2.05) is 32.0 Å². The normalized spacial score (nSPS) is 12.9. The average molecular weight is 327 g/mol. The number of carboxylic acid groups (broad SMARTS) is 1. The topological polar surface area (TPSA) is 75.6 Å². The zero-order valence-corrected chi connectivity index (χ0v) is 13.7. The van der Waals surface area contributed by atoms with E-state index in [4.69, 9.17) is 4.74 Å². The van der Waals surface area contributed by atoms with Crippen LogP contribution in [0.15, 0.2) is 54.6 Å². The van der Waals surface area contributed by atoms with Crippen LogP contribution >= 0.6 is 0 Å². The van der Waals surface area contributed by atoms with Crippen molar-refractivity contribution in [2.45, 2.75) is 32.4 Å². The Morgan fingerprint density at radius 2 is 1.83 bits per heavy atom. The van der Waals surface area contributed by atoms with E-state index in [-0.39, 0.29) is 0 Å². The van der Waals surface area contributed by atoms with Crippen molar-refractivity contribution in [2.75, 3.05) is 0 Å². The quantitative estimate of drug-likeness (QED) is 0.819. The predicted molar refractivity (Wildman–Crippen MR) is 90.8 cm³/mol. The van der Waals surface area contributed by atoms with Gasteiger partial charge in [-0.05, 0) is 36.6 Å². The second-order valence-electron chi connectivity index (χ2n) is 5.52. The van der Waals surface area contributed by atoms with Gasteiger partial charge in [-0.25, -0.2) is 4.79 Å². The summed E-state index contributed by atoms with van der Waals surface area (Å²) in [7, 11) is 0. The van der Waals surface area contributed by atoms with Crippen molar-refractivity contribution in [3.8, 4) is 5.75 Å². The molecule has 126 valence electrons. The Morgan fingerprint density at radius 3 is 2.42 bits per heavy atom. The van der Waals surface area contributed by atoms with Crippen LogP contribution in [-0.4, -0.2) is 23.1 Å². The molecule has 2 aromatic rings. The lowest BCUT2D eigenvalue weighted by atomic mass is 10.1. The minimum atomic E-state index is -1.11. The van der Waals surface area contributed by atoms with Crippen LogP contribution in [0.2, 0.25) is 0 Å². The molecule has 2 unspecified atom stereocenters. The van der Waals surface area contributed by atoms with E-state index in [2.05, 4.69) is 5.32 Å². The number of carbonyl (C=O) groups is 2. The highest BCUT2D eigenvalue weighted by atomic mass is 16.5. The Morgan fingerprint density at radius 1 is 1.12 bits per heavy atom. The zero-order chi connectivity index (χ0) is 17.5. The molecule has 5 nitrogen and oxygen atoms in total. The first-order valence-electron chi connectivity index (χ1n) is 7.82. The third-order valence-corrected chi connectivity index (χ3v) is 3.60. The van der Waals surface area contributed by atoms with Crippen LogP contribution in [-0.2, 0) is 9.59 Å². The van der Waals surface area contributed by atoms with E-state index >= 15 is 0 Å². The van der Waals surface area contributed by atoms with Gasteiger partial charge in [-0.15, -0.1) is 0 Å². The number of amides is 1. The van der Waals surface area contributed by atoms with Crippen LogP contribution in [0.4, 0.5) is 0 Å². The Hall–Kier alpha value is -2.82. The molecule has 24 heavy (non-hydrogen) atoms. The highest BCUT2D eigenvalue weighted by Crippen LogP contribution is 2.17. The fourth-order valence-electron chi connectivity index (χ4n) is 2.34.